The summed E-state index contributed by atoms with van der Waals surface area (Å²) in [5.74, 6) is 1.90. The van der Waals surface area contributed by atoms with Crippen LogP contribution in [0.4, 0.5) is 0 Å². The highest BCUT2D eigenvalue weighted by molar-refractivity contribution is 7.86. The Morgan fingerprint density at radius 3 is 2.84 bits per heavy atom. The van der Waals surface area contributed by atoms with Gasteiger partial charge in [0.05, 0.1) is 0 Å². The maximum absolute atomic E-state index is 12.4. The molecule has 0 spiro atoms. The quantitative estimate of drug-likeness (QED) is 0.812. The van der Waals surface area contributed by atoms with Gasteiger partial charge in [0.1, 0.15) is 11.6 Å². The lowest BCUT2D eigenvalue weighted by Crippen LogP contribution is -2.45. The van der Waals surface area contributed by atoms with E-state index in [-0.39, 0.29) is 5.92 Å². The molecule has 0 unspecified atom stereocenters. The van der Waals surface area contributed by atoms with Gasteiger partial charge in [-0.25, -0.2) is 9.97 Å². The van der Waals surface area contributed by atoms with Crippen molar-refractivity contribution in [3.05, 3.63) is 42.1 Å². The molecule has 1 atom stereocenters. The molecule has 0 saturated carbocycles. The van der Waals surface area contributed by atoms with E-state index >= 15 is 0 Å². The lowest BCUT2D eigenvalue weighted by molar-refractivity contribution is 0.296. The number of hydrogen-bond donors (Lipinski definition) is 0. The Kier molecular flexibility index (Phi) is 5.21. The largest absolute Gasteiger partial charge is 0.288 e. The molecule has 8 heteroatoms. The first kappa shape index (κ1) is 18.0. The molecule has 0 aliphatic carbocycles. The van der Waals surface area contributed by atoms with Crippen molar-refractivity contribution in [2.24, 2.45) is 0 Å². The van der Waals surface area contributed by atoms with Gasteiger partial charge in [-0.05, 0) is 25.0 Å². The summed E-state index contributed by atoms with van der Waals surface area (Å²) in [6.45, 7) is 3.10. The first-order chi connectivity index (χ1) is 11.9. The van der Waals surface area contributed by atoms with Crippen LogP contribution in [-0.4, -0.2) is 58.7 Å². The molecule has 136 valence electrons. The van der Waals surface area contributed by atoms with Gasteiger partial charge in [0, 0.05) is 57.6 Å². The average molecular weight is 363 g/mol. The van der Waals surface area contributed by atoms with E-state index in [1.807, 2.05) is 29.0 Å². The minimum absolute atomic E-state index is 0.108. The van der Waals surface area contributed by atoms with Crippen molar-refractivity contribution in [2.75, 3.05) is 27.2 Å². The zero-order valence-corrected chi connectivity index (χ0v) is 15.8. The number of nitrogens with zero attached hydrogens (tertiary/aromatic N) is 5. The van der Waals surface area contributed by atoms with E-state index in [2.05, 4.69) is 11.9 Å². The standard InChI is InChI=1S/C17H25N5O2S/c1-4-16-18-10-12-22(16)17-9-5-8-15(19-17)14-7-6-11-21(13-14)25(23,24)20(2)3/h5,8-10,12,14H,4,6-7,11,13H2,1-3H3/t14-/m1/s1. The van der Waals surface area contributed by atoms with Crippen molar-refractivity contribution in [1.29, 1.82) is 0 Å². The van der Waals surface area contributed by atoms with Crippen LogP contribution in [0.5, 0.6) is 0 Å². The van der Waals surface area contributed by atoms with E-state index in [9.17, 15) is 8.42 Å². The SMILES string of the molecule is CCc1nccn1-c1cccc([C@@H]2CCCN(S(=O)(=O)N(C)C)C2)n1. The molecule has 1 aliphatic rings. The van der Waals surface area contributed by atoms with Crippen LogP contribution in [0.1, 0.15) is 37.2 Å². The van der Waals surface area contributed by atoms with E-state index in [0.29, 0.717) is 13.1 Å². The zero-order valence-electron chi connectivity index (χ0n) is 15.0. The van der Waals surface area contributed by atoms with Crippen molar-refractivity contribution in [1.82, 2.24) is 23.1 Å². The lowest BCUT2D eigenvalue weighted by Gasteiger charge is -2.33. The molecular formula is C17H25N5O2S. The Hall–Kier alpha value is -1.77. The Labute approximate surface area is 149 Å². The highest BCUT2D eigenvalue weighted by Gasteiger charge is 2.31. The van der Waals surface area contributed by atoms with E-state index < -0.39 is 10.2 Å². The van der Waals surface area contributed by atoms with E-state index in [1.165, 1.54) is 4.31 Å². The third-order valence-electron chi connectivity index (χ3n) is 4.63. The number of piperidine rings is 1. The summed E-state index contributed by atoms with van der Waals surface area (Å²) in [6, 6.07) is 5.93. The second-order valence-corrected chi connectivity index (χ2v) is 8.62. The van der Waals surface area contributed by atoms with Crippen LogP contribution in [0.25, 0.3) is 5.82 Å². The molecule has 2 aromatic rings. The Morgan fingerprint density at radius 2 is 2.12 bits per heavy atom. The van der Waals surface area contributed by atoms with Crippen LogP contribution in [0.3, 0.4) is 0 Å². The molecule has 2 aromatic heterocycles. The van der Waals surface area contributed by atoms with Gasteiger partial charge in [0.2, 0.25) is 0 Å². The van der Waals surface area contributed by atoms with Gasteiger partial charge in [-0.2, -0.15) is 17.0 Å². The summed E-state index contributed by atoms with van der Waals surface area (Å²) in [5, 5.41) is 0. The fraction of sp³-hybridized carbons (Fsp3) is 0.529. The molecule has 0 amide bonds. The second kappa shape index (κ2) is 7.23. The summed E-state index contributed by atoms with van der Waals surface area (Å²) >= 11 is 0. The first-order valence-electron chi connectivity index (χ1n) is 8.60. The summed E-state index contributed by atoms with van der Waals surface area (Å²) < 4.78 is 29.7. The third kappa shape index (κ3) is 3.61. The first-order valence-corrected chi connectivity index (χ1v) is 10.00. The third-order valence-corrected chi connectivity index (χ3v) is 6.53. The normalized spacial score (nSPS) is 19.4. The smallest absolute Gasteiger partial charge is 0.281 e. The fourth-order valence-electron chi connectivity index (χ4n) is 3.23. The number of aromatic nitrogens is 3. The summed E-state index contributed by atoms with van der Waals surface area (Å²) in [6.07, 6.45) is 6.31. The zero-order chi connectivity index (χ0) is 18.0. The van der Waals surface area contributed by atoms with Crippen LogP contribution in [0.15, 0.2) is 30.6 Å². The predicted molar refractivity (Wildman–Crippen MR) is 96.9 cm³/mol. The highest BCUT2D eigenvalue weighted by atomic mass is 32.2. The number of rotatable bonds is 5. The number of pyridine rings is 1. The Balaban J connectivity index is 1.86. The maximum atomic E-state index is 12.4. The monoisotopic (exact) mass is 363 g/mol. The molecule has 1 aliphatic heterocycles. The Bertz CT molecular complexity index is 831. The summed E-state index contributed by atoms with van der Waals surface area (Å²) in [4.78, 5) is 9.14. The molecule has 7 nitrogen and oxygen atoms in total. The molecule has 0 bridgehead atoms. The van der Waals surface area contributed by atoms with Gasteiger partial charge in [0.25, 0.3) is 10.2 Å². The van der Waals surface area contributed by atoms with Gasteiger partial charge in [0.15, 0.2) is 0 Å². The molecular weight excluding hydrogens is 338 g/mol. The van der Waals surface area contributed by atoms with Crippen molar-refractivity contribution >= 4 is 10.2 Å². The summed E-state index contributed by atoms with van der Waals surface area (Å²) in [7, 11) is -0.236. The molecule has 0 aromatic carbocycles. The summed E-state index contributed by atoms with van der Waals surface area (Å²) in [5.41, 5.74) is 0.937. The van der Waals surface area contributed by atoms with Gasteiger partial charge in [-0.15, -0.1) is 0 Å². The molecule has 3 heterocycles. The highest BCUT2D eigenvalue weighted by Crippen LogP contribution is 2.28. The average Bonchev–Trinajstić information content (AvgIpc) is 3.10. The number of hydrogen-bond acceptors (Lipinski definition) is 4. The van der Waals surface area contributed by atoms with Crippen molar-refractivity contribution in [2.45, 2.75) is 32.1 Å². The predicted octanol–water partition coefficient (Wildman–Crippen LogP) is 1.82. The minimum Gasteiger partial charge on any atom is -0.288 e. The van der Waals surface area contributed by atoms with Crippen LogP contribution >= 0.6 is 0 Å². The molecule has 25 heavy (non-hydrogen) atoms. The van der Waals surface area contributed by atoms with Crippen LogP contribution in [0.2, 0.25) is 0 Å². The topological polar surface area (TPSA) is 71.3 Å². The molecule has 0 N–H and O–H groups in total. The number of imidazole rings is 1. The molecule has 0 radical (unpaired) electrons. The Morgan fingerprint density at radius 1 is 1.32 bits per heavy atom. The van der Waals surface area contributed by atoms with E-state index in [0.717, 1.165) is 36.6 Å². The van der Waals surface area contributed by atoms with Gasteiger partial charge in [-0.3, -0.25) is 4.57 Å². The van der Waals surface area contributed by atoms with Crippen LogP contribution < -0.4 is 0 Å². The van der Waals surface area contributed by atoms with E-state index in [1.54, 1.807) is 24.6 Å². The minimum atomic E-state index is -3.38. The van der Waals surface area contributed by atoms with Crippen LogP contribution in [0, 0.1) is 0 Å². The molecule has 3 rings (SSSR count). The van der Waals surface area contributed by atoms with Crippen molar-refractivity contribution in [3.8, 4) is 5.82 Å². The van der Waals surface area contributed by atoms with Gasteiger partial charge in [-0.1, -0.05) is 13.0 Å². The van der Waals surface area contributed by atoms with Crippen molar-refractivity contribution in [3.63, 3.8) is 0 Å². The molecule has 1 fully saturated rings. The number of aryl methyl sites for hydroxylation is 1. The van der Waals surface area contributed by atoms with Gasteiger partial charge < -0.3 is 0 Å². The van der Waals surface area contributed by atoms with Crippen LogP contribution in [-0.2, 0) is 16.6 Å². The van der Waals surface area contributed by atoms with Crippen molar-refractivity contribution < 1.29 is 8.42 Å². The second-order valence-electron chi connectivity index (χ2n) is 6.48. The lowest BCUT2D eigenvalue weighted by atomic mass is 9.95. The fourth-order valence-corrected chi connectivity index (χ4v) is 4.42. The molecule has 1 saturated heterocycles. The van der Waals surface area contributed by atoms with Gasteiger partial charge >= 0.3 is 0 Å². The van der Waals surface area contributed by atoms with E-state index in [4.69, 9.17) is 4.98 Å². The maximum Gasteiger partial charge on any atom is 0.281 e.